The predicted octanol–water partition coefficient (Wildman–Crippen LogP) is 0.339. The zero-order valence-corrected chi connectivity index (χ0v) is 12.7. The van der Waals surface area contributed by atoms with E-state index in [9.17, 15) is 4.79 Å². The molecule has 0 radical (unpaired) electrons. The maximum Gasteiger partial charge on any atom is 0.251 e. The summed E-state index contributed by atoms with van der Waals surface area (Å²) in [6, 6.07) is 0.547. The number of piperazine rings is 1. The number of methoxy groups -OCH3 is 1. The molecule has 0 aliphatic carbocycles. The van der Waals surface area contributed by atoms with Crippen molar-refractivity contribution < 1.29 is 9.53 Å². The molecule has 19 heavy (non-hydrogen) atoms. The Labute approximate surface area is 122 Å². The molecule has 2 unspecified atom stereocenters. The van der Waals surface area contributed by atoms with Gasteiger partial charge in [-0.2, -0.15) is 0 Å². The fourth-order valence-electron chi connectivity index (χ4n) is 2.93. The molecule has 0 aromatic heterocycles. The maximum absolute atomic E-state index is 12.2. The molecule has 1 N–H and O–H groups in total. The third-order valence-electron chi connectivity index (χ3n) is 4.07. The van der Waals surface area contributed by atoms with Crippen molar-refractivity contribution in [1.82, 2.24) is 15.1 Å². The van der Waals surface area contributed by atoms with Gasteiger partial charge in [0.05, 0.1) is 0 Å². The van der Waals surface area contributed by atoms with Crippen LogP contribution in [0.3, 0.4) is 0 Å². The van der Waals surface area contributed by atoms with Crippen LogP contribution < -0.4 is 5.32 Å². The normalized spacial score (nSPS) is 26.0. The van der Waals surface area contributed by atoms with Crippen LogP contribution in [0.2, 0.25) is 0 Å². The predicted molar refractivity (Wildman–Crippen MR) is 77.8 cm³/mol. The van der Waals surface area contributed by atoms with Gasteiger partial charge in [-0.3, -0.25) is 9.69 Å². The largest absolute Gasteiger partial charge is 0.372 e. The van der Waals surface area contributed by atoms with Crippen molar-refractivity contribution in [3.8, 4) is 0 Å². The monoisotopic (exact) mass is 291 g/mol. The second-order valence-corrected chi connectivity index (χ2v) is 5.15. The Balaban J connectivity index is 0.00000180. The van der Waals surface area contributed by atoms with Crippen molar-refractivity contribution in [3.63, 3.8) is 0 Å². The second kappa shape index (κ2) is 8.04. The number of ether oxygens (including phenoxy) is 1. The molecule has 2 saturated heterocycles. The molecule has 0 bridgehead atoms. The summed E-state index contributed by atoms with van der Waals surface area (Å²) in [7, 11) is 1.62. The minimum atomic E-state index is -0.258. The number of rotatable bonds is 4. The van der Waals surface area contributed by atoms with Gasteiger partial charge < -0.3 is 15.0 Å². The highest BCUT2D eigenvalue weighted by Crippen LogP contribution is 2.18. The van der Waals surface area contributed by atoms with Crippen molar-refractivity contribution in [2.24, 2.45) is 0 Å². The van der Waals surface area contributed by atoms with E-state index in [4.69, 9.17) is 4.74 Å². The highest BCUT2D eigenvalue weighted by atomic mass is 35.5. The molecule has 6 heteroatoms. The fraction of sp³-hybridized carbons (Fsp3) is 0.923. The van der Waals surface area contributed by atoms with Crippen LogP contribution in [-0.4, -0.2) is 74.2 Å². The molecule has 2 aliphatic rings. The minimum Gasteiger partial charge on any atom is -0.372 e. The molecule has 2 heterocycles. The zero-order valence-electron chi connectivity index (χ0n) is 11.9. The molecule has 112 valence electrons. The quantitative estimate of drug-likeness (QED) is 0.811. The molecular formula is C13H26ClN3O2. The van der Waals surface area contributed by atoms with Crippen LogP contribution in [0.15, 0.2) is 0 Å². The van der Waals surface area contributed by atoms with Crippen molar-refractivity contribution in [2.45, 2.75) is 31.9 Å². The van der Waals surface area contributed by atoms with Gasteiger partial charge in [-0.1, -0.05) is 6.92 Å². The first-order valence-corrected chi connectivity index (χ1v) is 7.02. The molecule has 0 aromatic rings. The summed E-state index contributed by atoms with van der Waals surface area (Å²) < 4.78 is 5.24. The van der Waals surface area contributed by atoms with E-state index in [2.05, 4.69) is 10.2 Å². The Morgan fingerprint density at radius 3 is 2.63 bits per heavy atom. The van der Waals surface area contributed by atoms with Gasteiger partial charge in [-0.25, -0.2) is 0 Å². The highest BCUT2D eigenvalue weighted by molar-refractivity contribution is 5.85. The number of amides is 1. The third kappa shape index (κ3) is 4.05. The standard InChI is InChI=1S/C13H25N3O2.ClH/c1-3-12(18-2)13(17)16-7-4-11(10-16)15-8-5-14-6-9-15;/h11-12,14H,3-10H2,1-2H3;1H. The molecule has 2 rings (SSSR count). The topological polar surface area (TPSA) is 44.8 Å². The highest BCUT2D eigenvalue weighted by Gasteiger charge is 2.33. The van der Waals surface area contributed by atoms with Gasteiger partial charge in [0.25, 0.3) is 5.91 Å². The van der Waals surface area contributed by atoms with Crippen LogP contribution >= 0.6 is 12.4 Å². The number of nitrogens with zero attached hydrogens (tertiary/aromatic N) is 2. The van der Waals surface area contributed by atoms with Gasteiger partial charge in [-0.15, -0.1) is 12.4 Å². The number of carbonyl (C=O) groups is 1. The summed E-state index contributed by atoms with van der Waals surface area (Å²) in [5.74, 6) is 0.164. The van der Waals surface area contributed by atoms with Gasteiger partial charge in [0, 0.05) is 52.4 Å². The van der Waals surface area contributed by atoms with Crippen LogP contribution in [-0.2, 0) is 9.53 Å². The first kappa shape index (κ1) is 16.7. The van der Waals surface area contributed by atoms with Crippen molar-refractivity contribution in [3.05, 3.63) is 0 Å². The summed E-state index contributed by atoms with van der Waals surface area (Å²) in [5, 5.41) is 3.37. The lowest BCUT2D eigenvalue weighted by molar-refractivity contribution is -0.141. The first-order chi connectivity index (χ1) is 8.76. The van der Waals surface area contributed by atoms with Crippen LogP contribution in [0.1, 0.15) is 19.8 Å². The Bertz CT molecular complexity index is 281. The number of hydrogen-bond acceptors (Lipinski definition) is 4. The smallest absolute Gasteiger partial charge is 0.251 e. The van der Waals surface area contributed by atoms with E-state index in [-0.39, 0.29) is 24.4 Å². The van der Waals surface area contributed by atoms with Gasteiger partial charge in [-0.05, 0) is 12.8 Å². The molecule has 2 fully saturated rings. The Morgan fingerprint density at radius 2 is 2.05 bits per heavy atom. The van der Waals surface area contributed by atoms with Gasteiger partial charge in [0.1, 0.15) is 6.10 Å². The average molecular weight is 292 g/mol. The van der Waals surface area contributed by atoms with Crippen molar-refractivity contribution >= 4 is 18.3 Å². The number of likely N-dealkylation sites (tertiary alicyclic amines) is 1. The SMILES string of the molecule is CCC(OC)C(=O)N1CCC(N2CCNCC2)C1.Cl. The average Bonchev–Trinajstić information content (AvgIpc) is 2.90. The van der Waals surface area contributed by atoms with E-state index in [1.807, 2.05) is 11.8 Å². The first-order valence-electron chi connectivity index (χ1n) is 7.02. The fourth-order valence-corrected chi connectivity index (χ4v) is 2.93. The second-order valence-electron chi connectivity index (χ2n) is 5.15. The lowest BCUT2D eigenvalue weighted by Crippen LogP contribution is -2.49. The van der Waals surface area contributed by atoms with E-state index in [1.165, 1.54) is 0 Å². The molecular weight excluding hydrogens is 266 g/mol. The number of carbonyl (C=O) groups excluding carboxylic acids is 1. The van der Waals surface area contributed by atoms with Crippen LogP contribution in [0.5, 0.6) is 0 Å². The van der Waals surface area contributed by atoms with E-state index in [0.717, 1.165) is 52.1 Å². The summed E-state index contributed by atoms with van der Waals surface area (Å²) >= 11 is 0. The molecule has 0 saturated carbocycles. The van der Waals surface area contributed by atoms with Crippen LogP contribution in [0, 0.1) is 0 Å². The lowest BCUT2D eigenvalue weighted by Gasteiger charge is -2.32. The van der Waals surface area contributed by atoms with Crippen LogP contribution in [0.4, 0.5) is 0 Å². The zero-order chi connectivity index (χ0) is 13.0. The molecule has 1 amide bonds. The number of nitrogens with one attached hydrogen (secondary N) is 1. The third-order valence-corrected chi connectivity index (χ3v) is 4.07. The van der Waals surface area contributed by atoms with Crippen LogP contribution in [0.25, 0.3) is 0 Å². The molecule has 2 atom stereocenters. The molecule has 0 spiro atoms. The van der Waals surface area contributed by atoms with E-state index in [1.54, 1.807) is 7.11 Å². The molecule has 2 aliphatic heterocycles. The van der Waals surface area contributed by atoms with E-state index < -0.39 is 0 Å². The Kier molecular flexibility index (Phi) is 7.07. The van der Waals surface area contributed by atoms with Crippen molar-refractivity contribution in [1.29, 1.82) is 0 Å². The van der Waals surface area contributed by atoms with E-state index >= 15 is 0 Å². The molecule has 0 aromatic carbocycles. The van der Waals surface area contributed by atoms with Gasteiger partial charge >= 0.3 is 0 Å². The molecule has 5 nitrogen and oxygen atoms in total. The van der Waals surface area contributed by atoms with Gasteiger partial charge in [0.2, 0.25) is 0 Å². The summed E-state index contributed by atoms with van der Waals surface area (Å²) in [4.78, 5) is 16.7. The summed E-state index contributed by atoms with van der Waals surface area (Å²) in [6.07, 6.45) is 1.60. The number of halogens is 1. The minimum absolute atomic E-state index is 0. The Hall–Kier alpha value is -0.360. The lowest BCUT2D eigenvalue weighted by atomic mass is 10.2. The van der Waals surface area contributed by atoms with Gasteiger partial charge in [0.15, 0.2) is 0 Å². The summed E-state index contributed by atoms with van der Waals surface area (Å²) in [6.45, 7) is 8.10. The van der Waals surface area contributed by atoms with Crippen molar-refractivity contribution in [2.75, 3.05) is 46.4 Å². The Morgan fingerprint density at radius 1 is 1.37 bits per heavy atom. The van der Waals surface area contributed by atoms with E-state index in [0.29, 0.717) is 6.04 Å². The number of hydrogen-bond donors (Lipinski definition) is 1. The maximum atomic E-state index is 12.2. The summed E-state index contributed by atoms with van der Waals surface area (Å²) in [5.41, 5.74) is 0.